The lowest BCUT2D eigenvalue weighted by atomic mass is 9.96. The predicted molar refractivity (Wildman–Crippen MR) is 70.9 cm³/mol. The maximum absolute atomic E-state index is 6.52. The van der Waals surface area contributed by atoms with Crippen molar-refractivity contribution in [3.63, 3.8) is 0 Å². The molecule has 1 aromatic rings. The highest BCUT2D eigenvalue weighted by Gasteiger charge is 2.29. The van der Waals surface area contributed by atoms with Gasteiger partial charge in [-0.2, -0.15) is 0 Å². The molecule has 0 N–H and O–H groups in total. The number of hydrogen-bond acceptors (Lipinski definition) is 0. The van der Waals surface area contributed by atoms with Crippen LogP contribution in [-0.2, 0) is 6.42 Å². The van der Waals surface area contributed by atoms with E-state index in [9.17, 15) is 0 Å². The van der Waals surface area contributed by atoms with Crippen LogP contribution < -0.4 is 0 Å². The van der Waals surface area contributed by atoms with Gasteiger partial charge in [-0.15, -0.1) is 11.6 Å². The standard InChI is InChI=1S/C15H21Cl/c1-11(2)6-5-8-13-10-12-7-3-4-9-14(12)15(13)16/h3-4,7,9,11,13,15H,5-6,8,10H2,1-2H3. The van der Waals surface area contributed by atoms with Crippen LogP contribution in [0.2, 0.25) is 0 Å². The van der Waals surface area contributed by atoms with Crippen LogP contribution in [0, 0.1) is 11.8 Å². The van der Waals surface area contributed by atoms with Crippen molar-refractivity contribution >= 4 is 11.6 Å². The molecule has 0 fully saturated rings. The van der Waals surface area contributed by atoms with Gasteiger partial charge in [0.25, 0.3) is 0 Å². The van der Waals surface area contributed by atoms with Gasteiger partial charge in [-0.05, 0) is 35.8 Å². The summed E-state index contributed by atoms with van der Waals surface area (Å²) >= 11 is 6.52. The monoisotopic (exact) mass is 236 g/mol. The minimum Gasteiger partial charge on any atom is -0.117 e. The van der Waals surface area contributed by atoms with E-state index in [-0.39, 0.29) is 5.38 Å². The van der Waals surface area contributed by atoms with Crippen LogP contribution in [0.1, 0.15) is 49.6 Å². The second-order valence-electron chi connectivity index (χ2n) is 5.39. The Morgan fingerprint density at radius 2 is 2.06 bits per heavy atom. The molecule has 88 valence electrons. The van der Waals surface area contributed by atoms with E-state index in [2.05, 4.69) is 38.1 Å². The zero-order valence-electron chi connectivity index (χ0n) is 10.2. The maximum Gasteiger partial charge on any atom is 0.0619 e. The fourth-order valence-electron chi connectivity index (χ4n) is 2.67. The fraction of sp³-hybridized carbons (Fsp3) is 0.600. The lowest BCUT2D eigenvalue weighted by Crippen LogP contribution is -2.03. The molecule has 1 aliphatic carbocycles. The fourth-order valence-corrected chi connectivity index (χ4v) is 3.09. The quantitative estimate of drug-likeness (QED) is 0.648. The second-order valence-corrected chi connectivity index (χ2v) is 5.86. The van der Waals surface area contributed by atoms with E-state index in [1.807, 2.05) is 0 Å². The van der Waals surface area contributed by atoms with E-state index in [1.165, 1.54) is 36.8 Å². The first-order valence-electron chi connectivity index (χ1n) is 6.40. The van der Waals surface area contributed by atoms with Crippen LogP contribution in [-0.4, -0.2) is 0 Å². The zero-order valence-corrected chi connectivity index (χ0v) is 11.0. The highest BCUT2D eigenvalue weighted by molar-refractivity contribution is 6.21. The van der Waals surface area contributed by atoms with Crippen LogP contribution in [0.5, 0.6) is 0 Å². The van der Waals surface area contributed by atoms with E-state index < -0.39 is 0 Å². The van der Waals surface area contributed by atoms with Crippen LogP contribution in [0.4, 0.5) is 0 Å². The van der Waals surface area contributed by atoms with Crippen molar-refractivity contribution in [2.75, 3.05) is 0 Å². The Balaban J connectivity index is 1.92. The molecular weight excluding hydrogens is 216 g/mol. The Bertz CT molecular complexity index is 343. The zero-order chi connectivity index (χ0) is 11.5. The van der Waals surface area contributed by atoms with Gasteiger partial charge in [-0.25, -0.2) is 0 Å². The van der Waals surface area contributed by atoms with Gasteiger partial charge < -0.3 is 0 Å². The molecule has 0 aliphatic heterocycles. The molecule has 2 unspecified atom stereocenters. The molecule has 2 rings (SSSR count). The van der Waals surface area contributed by atoms with Crippen molar-refractivity contribution in [3.8, 4) is 0 Å². The highest BCUT2D eigenvalue weighted by Crippen LogP contribution is 2.43. The second kappa shape index (κ2) is 5.23. The van der Waals surface area contributed by atoms with Gasteiger partial charge in [0.05, 0.1) is 5.38 Å². The number of halogens is 1. The Labute approximate surface area is 104 Å². The van der Waals surface area contributed by atoms with Gasteiger partial charge in [-0.1, -0.05) is 51.0 Å². The molecule has 0 nitrogen and oxygen atoms in total. The first-order valence-corrected chi connectivity index (χ1v) is 6.84. The lowest BCUT2D eigenvalue weighted by Gasteiger charge is -2.14. The number of hydrogen-bond donors (Lipinski definition) is 0. The van der Waals surface area contributed by atoms with Gasteiger partial charge in [0.2, 0.25) is 0 Å². The van der Waals surface area contributed by atoms with Gasteiger partial charge >= 0.3 is 0 Å². The minimum absolute atomic E-state index is 0.253. The van der Waals surface area contributed by atoms with Crippen molar-refractivity contribution < 1.29 is 0 Å². The smallest absolute Gasteiger partial charge is 0.0619 e. The van der Waals surface area contributed by atoms with Gasteiger partial charge in [0.15, 0.2) is 0 Å². The Kier molecular flexibility index (Phi) is 3.91. The van der Waals surface area contributed by atoms with E-state index in [4.69, 9.17) is 11.6 Å². The third-order valence-corrected chi connectivity index (χ3v) is 4.20. The highest BCUT2D eigenvalue weighted by atomic mass is 35.5. The Hall–Kier alpha value is -0.490. The van der Waals surface area contributed by atoms with Gasteiger partial charge in [0, 0.05) is 0 Å². The lowest BCUT2D eigenvalue weighted by molar-refractivity contribution is 0.439. The average Bonchev–Trinajstić information content (AvgIpc) is 2.56. The molecule has 0 saturated carbocycles. The molecule has 1 aliphatic rings. The Morgan fingerprint density at radius 3 is 2.75 bits per heavy atom. The molecule has 0 radical (unpaired) electrons. The summed E-state index contributed by atoms with van der Waals surface area (Å²) in [6.45, 7) is 4.59. The van der Waals surface area contributed by atoms with E-state index >= 15 is 0 Å². The van der Waals surface area contributed by atoms with Gasteiger partial charge in [0.1, 0.15) is 0 Å². The van der Waals surface area contributed by atoms with E-state index in [0.29, 0.717) is 5.92 Å². The van der Waals surface area contributed by atoms with Crippen molar-refractivity contribution in [2.24, 2.45) is 11.8 Å². The van der Waals surface area contributed by atoms with E-state index in [1.54, 1.807) is 0 Å². The third-order valence-electron chi connectivity index (χ3n) is 3.60. The van der Waals surface area contributed by atoms with Crippen LogP contribution in [0.25, 0.3) is 0 Å². The normalized spacial score (nSPS) is 23.8. The molecule has 16 heavy (non-hydrogen) atoms. The maximum atomic E-state index is 6.52. The SMILES string of the molecule is CC(C)CCCC1Cc2ccccc2C1Cl. The molecule has 1 aromatic carbocycles. The van der Waals surface area contributed by atoms with Crippen molar-refractivity contribution in [3.05, 3.63) is 35.4 Å². The van der Waals surface area contributed by atoms with Crippen LogP contribution >= 0.6 is 11.6 Å². The first-order chi connectivity index (χ1) is 7.68. The van der Waals surface area contributed by atoms with Crippen molar-refractivity contribution in [1.29, 1.82) is 0 Å². The molecule has 1 heteroatoms. The third kappa shape index (κ3) is 2.60. The summed E-state index contributed by atoms with van der Waals surface area (Å²) in [6, 6.07) is 8.65. The molecule has 0 spiro atoms. The Morgan fingerprint density at radius 1 is 1.31 bits per heavy atom. The molecule has 0 aromatic heterocycles. The van der Waals surface area contributed by atoms with E-state index in [0.717, 1.165) is 5.92 Å². The largest absolute Gasteiger partial charge is 0.117 e. The summed E-state index contributed by atoms with van der Waals surface area (Å²) in [7, 11) is 0. The minimum atomic E-state index is 0.253. The summed E-state index contributed by atoms with van der Waals surface area (Å²) in [5.74, 6) is 1.48. The van der Waals surface area contributed by atoms with Crippen molar-refractivity contribution in [1.82, 2.24) is 0 Å². The first kappa shape index (κ1) is 12.0. The summed E-state index contributed by atoms with van der Waals surface area (Å²) in [4.78, 5) is 0. The van der Waals surface area contributed by atoms with Crippen LogP contribution in [0.3, 0.4) is 0 Å². The van der Waals surface area contributed by atoms with Crippen LogP contribution in [0.15, 0.2) is 24.3 Å². The summed E-state index contributed by atoms with van der Waals surface area (Å²) in [5.41, 5.74) is 2.84. The topological polar surface area (TPSA) is 0 Å². The average molecular weight is 237 g/mol. The summed E-state index contributed by atoms with van der Waals surface area (Å²) < 4.78 is 0. The molecule has 0 amide bonds. The predicted octanol–water partition coefficient (Wildman–Crippen LogP) is 4.97. The number of rotatable bonds is 4. The number of benzene rings is 1. The summed E-state index contributed by atoms with van der Waals surface area (Å²) in [6.07, 6.45) is 5.11. The van der Waals surface area contributed by atoms with Crippen molar-refractivity contribution in [2.45, 2.75) is 44.9 Å². The van der Waals surface area contributed by atoms with Gasteiger partial charge in [-0.3, -0.25) is 0 Å². The summed E-state index contributed by atoms with van der Waals surface area (Å²) in [5, 5.41) is 0.253. The molecule has 0 saturated heterocycles. The number of alkyl halides is 1. The molecule has 2 atom stereocenters. The molecule has 0 bridgehead atoms. The molecular formula is C15H21Cl. The number of fused-ring (bicyclic) bond motifs is 1. The molecule has 0 heterocycles.